The van der Waals surface area contributed by atoms with Gasteiger partial charge in [0.1, 0.15) is 0 Å². The van der Waals surface area contributed by atoms with Gasteiger partial charge in [-0.1, -0.05) is 30.3 Å². The number of guanidine groups is 1. The highest BCUT2D eigenvalue weighted by molar-refractivity contribution is 14.0. The van der Waals surface area contributed by atoms with Crippen molar-refractivity contribution < 1.29 is 0 Å². The van der Waals surface area contributed by atoms with Crippen molar-refractivity contribution >= 4 is 29.9 Å². The van der Waals surface area contributed by atoms with Crippen LogP contribution in [0.15, 0.2) is 59.9 Å². The zero-order chi connectivity index (χ0) is 18.0. The van der Waals surface area contributed by atoms with Crippen molar-refractivity contribution in [2.75, 3.05) is 39.8 Å². The monoisotopic (exact) mass is 481 g/mol. The molecule has 148 valence electrons. The lowest BCUT2D eigenvalue weighted by Crippen LogP contribution is -2.41. The van der Waals surface area contributed by atoms with E-state index in [0.717, 1.165) is 38.6 Å². The third-order valence-corrected chi connectivity index (χ3v) is 5.04. The van der Waals surface area contributed by atoms with Gasteiger partial charge in [0.25, 0.3) is 0 Å². The quantitative estimate of drug-likeness (QED) is 0.346. The number of halogens is 1. The van der Waals surface area contributed by atoms with Crippen molar-refractivity contribution in [3.63, 3.8) is 0 Å². The summed E-state index contributed by atoms with van der Waals surface area (Å²) in [5, 5.41) is 6.88. The summed E-state index contributed by atoms with van der Waals surface area (Å²) in [4.78, 5) is 6.92. The Labute approximate surface area is 180 Å². The molecule has 2 aromatic rings. The number of rotatable bonds is 8. The Morgan fingerprint density at radius 2 is 1.85 bits per heavy atom. The second-order valence-electron chi connectivity index (χ2n) is 6.99. The highest BCUT2D eigenvalue weighted by atomic mass is 127. The van der Waals surface area contributed by atoms with E-state index in [2.05, 4.69) is 80.0 Å². The molecule has 1 fully saturated rings. The van der Waals surface area contributed by atoms with Crippen LogP contribution in [0.25, 0.3) is 0 Å². The van der Waals surface area contributed by atoms with Gasteiger partial charge in [-0.2, -0.15) is 0 Å². The number of aliphatic imine (C=N–C) groups is 1. The molecule has 1 unspecified atom stereocenters. The van der Waals surface area contributed by atoms with Crippen LogP contribution >= 0.6 is 24.0 Å². The summed E-state index contributed by atoms with van der Waals surface area (Å²) >= 11 is 0. The first-order valence-corrected chi connectivity index (χ1v) is 9.65. The first kappa shape index (κ1) is 21.8. The minimum Gasteiger partial charge on any atom is -0.356 e. The van der Waals surface area contributed by atoms with Gasteiger partial charge in [-0.05, 0) is 43.0 Å². The molecule has 1 aromatic carbocycles. The third kappa shape index (κ3) is 7.54. The van der Waals surface area contributed by atoms with Crippen LogP contribution in [0.2, 0.25) is 0 Å². The molecule has 1 saturated heterocycles. The van der Waals surface area contributed by atoms with Crippen LogP contribution in [0.4, 0.5) is 0 Å². The molecule has 2 N–H and O–H groups in total. The van der Waals surface area contributed by atoms with Gasteiger partial charge in [0.15, 0.2) is 5.96 Å². The van der Waals surface area contributed by atoms with Crippen LogP contribution in [0, 0.1) is 5.92 Å². The Morgan fingerprint density at radius 3 is 2.59 bits per heavy atom. The zero-order valence-corrected chi connectivity index (χ0v) is 18.5. The molecule has 3 rings (SSSR count). The number of likely N-dealkylation sites (tertiary alicyclic amines) is 1. The molecule has 0 spiro atoms. The van der Waals surface area contributed by atoms with Gasteiger partial charge in [-0.15, -0.1) is 24.0 Å². The summed E-state index contributed by atoms with van der Waals surface area (Å²) in [6, 6.07) is 14.9. The van der Waals surface area contributed by atoms with Crippen molar-refractivity contribution in [1.82, 2.24) is 20.1 Å². The summed E-state index contributed by atoms with van der Waals surface area (Å²) in [7, 11) is 1.84. The second kappa shape index (κ2) is 12.0. The minimum absolute atomic E-state index is 0. The summed E-state index contributed by atoms with van der Waals surface area (Å²) in [5.41, 5.74) is 1.43. The van der Waals surface area contributed by atoms with Crippen molar-refractivity contribution in [3.05, 3.63) is 60.4 Å². The molecule has 1 aliphatic rings. The SMILES string of the molecule is CN=C(NCCn1cccc1)NCC1CCN(CCc2ccccc2)C1.I. The van der Waals surface area contributed by atoms with E-state index in [9.17, 15) is 0 Å². The van der Waals surface area contributed by atoms with Gasteiger partial charge in [0.2, 0.25) is 0 Å². The van der Waals surface area contributed by atoms with Crippen molar-refractivity contribution in [1.29, 1.82) is 0 Å². The topological polar surface area (TPSA) is 44.6 Å². The molecule has 2 heterocycles. The molecular formula is C21H32IN5. The zero-order valence-electron chi connectivity index (χ0n) is 16.2. The highest BCUT2D eigenvalue weighted by Crippen LogP contribution is 2.15. The fourth-order valence-corrected chi connectivity index (χ4v) is 3.50. The fourth-order valence-electron chi connectivity index (χ4n) is 3.50. The van der Waals surface area contributed by atoms with Gasteiger partial charge in [-0.25, -0.2) is 0 Å². The summed E-state index contributed by atoms with van der Waals surface area (Å²) in [6.45, 7) is 6.36. The van der Waals surface area contributed by atoms with Gasteiger partial charge < -0.3 is 20.1 Å². The van der Waals surface area contributed by atoms with Gasteiger partial charge in [0.05, 0.1) is 0 Å². The lowest BCUT2D eigenvalue weighted by molar-refractivity contribution is 0.328. The smallest absolute Gasteiger partial charge is 0.191 e. The highest BCUT2D eigenvalue weighted by Gasteiger charge is 2.22. The van der Waals surface area contributed by atoms with E-state index in [-0.39, 0.29) is 24.0 Å². The van der Waals surface area contributed by atoms with E-state index in [0.29, 0.717) is 5.92 Å². The van der Waals surface area contributed by atoms with Crippen LogP contribution in [0.1, 0.15) is 12.0 Å². The largest absolute Gasteiger partial charge is 0.356 e. The Hall–Kier alpha value is -1.54. The fraction of sp³-hybridized carbons (Fsp3) is 0.476. The average molecular weight is 481 g/mol. The standard InChI is InChI=1S/C21H31N5.HI/c1-22-21(23-11-16-25-12-5-6-13-25)24-17-20-10-15-26(18-20)14-9-19-7-3-2-4-8-19;/h2-8,12-13,20H,9-11,14-18H2,1H3,(H2,22,23,24);1H. The normalized spacial score (nSPS) is 17.5. The molecule has 0 radical (unpaired) electrons. The molecule has 0 aliphatic carbocycles. The van der Waals surface area contributed by atoms with Gasteiger partial charge in [-0.3, -0.25) is 4.99 Å². The van der Waals surface area contributed by atoms with Crippen LogP contribution in [0.5, 0.6) is 0 Å². The molecule has 27 heavy (non-hydrogen) atoms. The lowest BCUT2D eigenvalue weighted by atomic mass is 10.1. The Balaban J connectivity index is 0.00000261. The minimum atomic E-state index is 0. The average Bonchev–Trinajstić information content (AvgIpc) is 3.35. The predicted molar refractivity (Wildman–Crippen MR) is 124 cm³/mol. The Kier molecular flexibility index (Phi) is 9.69. The number of nitrogens with zero attached hydrogens (tertiary/aromatic N) is 3. The predicted octanol–water partition coefficient (Wildman–Crippen LogP) is 2.84. The molecule has 1 aliphatic heterocycles. The maximum atomic E-state index is 4.33. The molecule has 5 nitrogen and oxygen atoms in total. The summed E-state index contributed by atoms with van der Waals surface area (Å²) in [6.07, 6.45) is 6.58. The Bertz CT molecular complexity index is 656. The summed E-state index contributed by atoms with van der Waals surface area (Å²) < 4.78 is 2.17. The first-order valence-electron chi connectivity index (χ1n) is 9.65. The molecular weight excluding hydrogens is 449 g/mol. The number of hydrogen-bond acceptors (Lipinski definition) is 2. The molecule has 1 atom stereocenters. The number of benzene rings is 1. The van der Waals surface area contributed by atoms with Gasteiger partial charge in [0, 0.05) is 52.2 Å². The van der Waals surface area contributed by atoms with Crippen LogP contribution in [-0.2, 0) is 13.0 Å². The molecule has 1 aromatic heterocycles. The van der Waals surface area contributed by atoms with Crippen molar-refractivity contribution in [2.24, 2.45) is 10.9 Å². The van der Waals surface area contributed by atoms with E-state index < -0.39 is 0 Å². The van der Waals surface area contributed by atoms with Crippen molar-refractivity contribution in [2.45, 2.75) is 19.4 Å². The van der Waals surface area contributed by atoms with E-state index in [4.69, 9.17) is 0 Å². The maximum absolute atomic E-state index is 4.33. The van der Waals surface area contributed by atoms with E-state index >= 15 is 0 Å². The number of hydrogen-bond donors (Lipinski definition) is 2. The van der Waals surface area contributed by atoms with E-state index in [1.807, 2.05) is 7.05 Å². The molecule has 6 heteroatoms. The first-order chi connectivity index (χ1) is 12.8. The van der Waals surface area contributed by atoms with Crippen LogP contribution < -0.4 is 10.6 Å². The molecule has 0 bridgehead atoms. The maximum Gasteiger partial charge on any atom is 0.191 e. The van der Waals surface area contributed by atoms with Crippen LogP contribution in [0.3, 0.4) is 0 Å². The van der Waals surface area contributed by atoms with E-state index in [1.165, 1.54) is 25.1 Å². The number of nitrogens with one attached hydrogen (secondary N) is 2. The lowest BCUT2D eigenvalue weighted by Gasteiger charge is -2.17. The summed E-state index contributed by atoms with van der Waals surface area (Å²) in [5.74, 6) is 1.61. The van der Waals surface area contributed by atoms with E-state index in [1.54, 1.807) is 0 Å². The van der Waals surface area contributed by atoms with Gasteiger partial charge >= 0.3 is 0 Å². The van der Waals surface area contributed by atoms with Crippen molar-refractivity contribution in [3.8, 4) is 0 Å². The second-order valence-corrected chi connectivity index (χ2v) is 6.99. The molecule has 0 saturated carbocycles. The third-order valence-electron chi connectivity index (χ3n) is 5.04. The Morgan fingerprint density at radius 1 is 1.07 bits per heavy atom. The molecule has 0 amide bonds. The number of aromatic nitrogens is 1. The van der Waals surface area contributed by atoms with Crippen LogP contribution in [-0.4, -0.2) is 55.2 Å².